The Labute approximate surface area is 220 Å². The molecule has 0 aliphatic heterocycles. The number of aliphatic hydroxyl groups is 1. The number of halogens is 2. The van der Waals surface area contributed by atoms with Crippen molar-refractivity contribution in [2.75, 3.05) is 0 Å². The topological polar surface area (TPSA) is 110 Å². The van der Waals surface area contributed by atoms with Gasteiger partial charge < -0.3 is 14.6 Å². The lowest BCUT2D eigenvalue weighted by Crippen LogP contribution is -2.32. The average Bonchev–Trinajstić information content (AvgIpc) is 3.34. The lowest BCUT2D eigenvalue weighted by Gasteiger charge is -2.14. The van der Waals surface area contributed by atoms with Crippen LogP contribution < -0.4 is 5.69 Å². The maximum atomic E-state index is 13.2. The number of hydrogen-bond donors (Lipinski definition) is 2. The summed E-state index contributed by atoms with van der Waals surface area (Å²) in [5, 5.41) is 22.0. The van der Waals surface area contributed by atoms with Crippen LogP contribution in [0.4, 0.5) is 0 Å². The van der Waals surface area contributed by atoms with Gasteiger partial charge in [0.1, 0.15) is 11.3 Å². The summed E-state index contributed by atoms with van der Waals surface area (Å²) in [6, 6.07) is 16.0. The first-order valence-electron chi connectivity index (χ1n) is 11.2. The quantitative estimate of drug-likeness (QED) is 0.281. The summed E-state index contributed by atoms with van der Waals surface area (Å²) < 4.78 is 8.04. The summed E-state index contributed by atoms with van der Waals surface area (Å²) in [7, 11) is 1.39. The van der Waals surface area contributed by atoms with E-state index < -0.39 is 17.1 Å². The van der Waals surface area contributed by atoms with Crippen LogP contribution in [0.15, 0.2) is 70.0 Å². The third-order valence-electron chi connectivity index (χ3n) is 6.02. The lowest BCUT2D eigenvalue weighted by atomic mass is 9.97. The van der Waals surface area contributed by atoms with Crippen molar-refractivity contribution >= 4 is 40.1 Å². The van der Waals surface area contributed by atoms with Gasteiger partial charge in [-0.15, -0.1) is 0 Å². The zero-order chi connectivity index (χ0) is 26.6. The Balaban J connectivity index is 1.92. The molecule has 2 N–H and O–H groups in total. The molecule has 3 heterocycles. The highest BCUT2D eigenvalue weighted by Crippen LogP contribution is 2.40. The fraction of sp³-hybridized carbons (Fsp3) is 0.148. The third kappa shape index (κ3) is 4.23. The molecule has 0 aliphatic rings. The van der Waals surface area contributed by atoms with Crippen LogP contribution >= 0.6 is 23.2 Å². The standard InChI is InChI=1S/C27H21Cl2N3O5/c1-27(2,36)24(34)23-22(32-13-20(33)31(3)26(32)35)18-12-17(14-8-10-15(28)11-9-14)21(30-25(18)37-23)16-6-4-5-7-19(16)29/h4-13,33,36H,1-3H3. The zero-order valence-corrected chi connectivity index (χ0v) is 21.5. The summed E-state index contributed by atoms with van der Waals surface area (Å²) >= 11 is 12.6. The number of rotatable bonds is 5. The summed E-state index contributed by atoms with van der Waals surface area (Å²) in [6.07, 6.45) is 1.18. The fourth-order valence-corrected chi connectivity index (χ4v) is 4.42. The van der Waals surface area contributed by atoms with Crippen LogP contribution in [-0.4, -0.2) is 35.7 Å². The highest BCUT2D eigenvalue weighted by molar-refractivity contribution is 6.33. The Morgan fingerprint density at radius 3 is 2.32 bits per heavy atom. The summed E-state index contributed by atoms with van der Waals surface area (Å²) in [6.45, 7) is 2.64. The maximum absolute atomic E-state index is 13.2. The molecule has 0 fully saturated rings. The average molecular weight is 538 g/mol. The zero-order valence-electron chi connectivity index (χ0n) is 20.0. The number of aromatic hydroxyl groups is 1. The summed E-state index contributed by atoms with van der Waals surface area (Å²) in [5.41, 5.74) is 0.155. The minimum Gasteiger partial charge on any atom is -0.493 e. The lowest BCUT2D eigenvalue weighted by molar-refractivity contribution is 0.0461. The number of furan rings is 1. The number of imidazole rings is 1. The molecule has 0 amide bonds. The first-order chi connectivity index (χ1) is 17.5. The van der Waals surface area contributed by atoms with Gasteiger partial charge in [-0.1, -0.05) is 53.5 Å². The van der Waals surface area contributed by atoms with Crippen molar-refractivity contribution in [3.05, 3.63) is 87.1 Å². The molecule has 2 aromatic carbocycles. The van der Waals surface area contributed by atoms with Crippen molar-refractivity contribution in [1.29, 1.82) is 0 Å². The van der Waals surface area contributed by atoms with Crippen molar-refractivity contribution in [1.82, 2.24) is 14.1 Å². The molecule has 0 bridgehead atoms. The highest BCUT2D eigenvalue weighted by atomic mass is 35.5. The van der Waals surface area contributed by atoms with Crippen molar-refractivity contribution < 1.29 is 19.4 Å². The molecule has 0 radical (unpaired) electrons. The van der Waals surface area contributed by atoms with E-state index in [1.54, 1.807) is 30.3 Å². The van der Waals surface area contributed by atoms with E-state index in [0.717, 1.165) is 14.7 Å². The Kier molecular flexibility index (Phi) is 5.98. The van der Waals surface area contributed by atoms with Gasteiger partial charge in [-0.2, -0.15) is 0 Å². The van der Waals surface area contributed by atoms with Gasteiger partial charge in [-0.3, -0.25) is 13.9 Å². The number of fused-ring (bicyclic) bond motifs is 1. The number of carbonyl (C=O) groups excluding carboxylic acids is 1. The minimum absolute atomic E-state index is 0.0467. The van der Waals surface area contributed by atoms with Gasteiger partial charge in [0.05, 0.1) is 17.3 Å². The van der Waals surface area contributed by atoms with Crippen LogP contribution in [0.5, 0.6) is 5.88 Å². The molecule has 0 aliphatic carbocycles. The van der Waals surface area contributed by atoms with E-state index in [4.69, 9.17) is 32.6 Å². The number of Topliss-reactive ketones (excluding diaryl/α,β-unsaturated/α-hetero) is 1. The van der Waals surface area contributed by atoms with Gasteiger partial charge in [-0.05, 0) is 43.7 Å². The molecule has 8 nitrogen and oxygen atoms in total. The second-order valence-corrected chi connectivity index (χ2v) is 9.93. The van der Waals surface area contributed by atoms with Gasteiger partial charge in [0.15, 0.2) is 5.76 Å². The van der Waals surface area contributed by atoms with E-state index >= 15 is 0 Å². The van der Waals surface area contributed by atoms with Crippen LogP contribution in [0.1, 0.15) is 24.4 Å². The Bertz CT molecular complexity index is 1740. The van der Waals surface area contributed by atoms with E-state index in [2.05, 4.69) is 0 Å². The largest absolute Gasteiger partial charge is 0.493 e. The number of benzene rings is 2. The smallest absolute Gasteiger partial charge is 0.335 e. The predicted molar refractivity (Wildman–Crippen MR) is 142 cm³/mol. The maximum Gasteiger partial charge on any atom is 0.335 e. The van der Waals surface area contributed by atoms with Gasteiger partial charge >= 0.3 is 5.69 Å². The van der Waals surface area contributed by atoms with E-state index in [-0.39, 0.29) is 23.0 Å². The molecule has 5 aromatic rings. The van der Waals surface area contributed by atoms with Gasteiger partial charge in [0, 0.05) is 28.2 Å². The number of pyridine rings is 1. The first-order valence-corrected chi connectivity index (χ1v) is 12.0. The van der Waals surface area contributed by atoms with Crippen LogP contribution in [-0.2, 0) is 7.05 Å². The van der Waals surface area contributed by atoms with E-state index in [1.165, 1.54) is 27.1 Å². The first kappa shape index (κ1) is 24.8. The highest BCUT2D eigenvalue weighted by Gasteiger charge is 2.34. The molecular formula is C27H21Cl2N3O5. The molecule has 188 valence electrons. The minimum atomic E-state index is -1.81. The Morgan fingerprint density at radius 1 is 1.05 bits per heavy atom. The van der Waals surface area contributed by atoms with Gasteiger partial charge in [0.25, 0.3) is 0 Å². The van der Waals surface area contributed by atoms with Crippen molar-refractivity contribution in [2.24, 2.45) is 7.05 Å². The van der Waals surface area contributed by atoms with Crippen LogP contribution in [0.2, 0.25) is 10.0 Å². The molecular weight excluding hydrogens is 517 g/mol. The molecule has 0 saturated heterocycles. The SMILES string of the molecule is Cn1c(O)cn(-c2c(C(=O)C(C)(C)O)oc3nc(-c4ccccc4Cl)c(-c4ccc(Cl)cc4)cc23)c1=O. The molecule has 0 spiro atoms. The molecule has 0 saturated carbocycles. The van der Waals surface area contributed by atoms with Gasteiger partial charge in [0.2, 0.25) is 17.4 Å². The Hall–Kier alpha value is -3.85. The molecule has 10 heteroatoms. The fourth-order valence-electron chi connectivity index (χ4n) is 4.07. The summed E-state index contributed by atoms with van der Waals surface area (Å²) in [5.74, 6) is -1.36. The summed E-state index contributed by atoms with van der Waals surface area (Å²) in [4.78, 5) is 31.0. The number of ketones is 1. The molecule has 37 heavy (non-hydrogen) atoms. The van der Waals surface area contributed by atoms with Gasteiger partial charge in [-0.25, -0.2) is 9.78 Å². The third-order valence-corrected chi connectivity index (χ3v) is 6.61. The van der Waals surface area contributed by atoms with E-state index in [1.807, 2.05) is 24.3 Å². The number of aromatic nitrogens is 3. The van der Waals surface area contributed by atoms with Crippen molar-refractivity contribution in [2.45, 2.75) is 19.4 Å². The van der Waals surface area contributed by atoms with Crippen molar-refractivity contribution in [3.63, 3.8) is 0 Å². The molecule has 5 rings (SSSR count). The second kappa shape index (κ2) is 8.92. The van der Waals surface area contributed by atoms with Crippen LogP contribution in [0, 0.1) is 0 Å². The molecule has 0 atom stereocenters. The van der Waals surface area contributed by atoms with E-state index in [9.17, 15) is 19.8 Å². The molecule has 3 aromatic heterocycles. The Morgan fingerprint density at radius 2 is 1.73 bits per heavy atom. The van der Waals surface area contributed by atoms with Crippen LogP contribution in [0.25, 0.3) is 39.2 Å². The molecule has 0 unspecified atom stereocenters. The number of hydrogen-bond acceptors (Lipinski definition) is 6. The predicted octanol–water partition coefficient (Wildman–Crippen LogP) is 5.62. The number of carbonyl (C=O) groups is 1. The normalized spacial score (nSPS) is 11.8. The second-order valence-electron chi connectivity index (χ2n) is 9.09. The van der Waals surface area contributed by atoms with E-state index in [0.29, 0.717) is 32.3 Å². The monoisotopic (exact) mass is 537 g/mol. The number of nitrogens with zero attached hydrogens (tertiary/aromatic N) is 3. The van der Waals surface area contributed by atoms with Crippen molar-refractivity contribution in [3.8, 4) is 34.0 Å². The van der Waals surface area contributed by atoms with Crippen LogP contribution in [0.3, 0.4) is 0 Å².